The lowest BCUT2D eigenvalue weighted by atomic mass is 10.2. The summed E-state index contributed by atoms with van der Waals surface area (Å²) in [6, 6.07) is 0. The van der Waals surface area contributed by atoms with Gasteiger partial charge in [-0.15, -0.1) is 0 Å². The van der Waals surface area contributed by atoms with E-state index in [1.54, 1.807) is 6.92 Å². The van der Waals surface area contributed by atoms with Gasteiger partial charge in [0, 0.05) is 6.61 Å². The number of hydrogen-bond acceptors (Lipinski definition) is 4. The summed E-state index contributed by atoms with van der Waals surface area (Å²) in [5, 5.41) is 8.93. The maximum absolute atomic E-state index is 8.93. The Kier molecular flexibility index (Phi) is 11.2. The number of unbranched alkanes of at least 4 members (excludes halogenated alkanes) is 3. The zero-order valence-corrected chi connectivity index (χ0v) is 10.8. The van der Waals surface area contributed by atoms with Crippen molar-refractivity contribution in [1.82, 2.24) is 0 Å². The van der Waals surface area contributed by atoms with Gasteiger partial charge in [-0.05, 0) is 20.3 Å². The molecule has 0 aliphatic carbocycles. The summed E-state index contributed by atoms with van der Waals surface area (Å²) in [4.78, 5) is 9.82. The standard InChI is InChI=1S/C12H26O4/c1-4-5-6-7-8-14-10-12(3)16-15-9-11(2)13/h11-13H,4-10H2,1-3H3. The topological polar surface area (TPSA) is 47.9 Å². The highest BCUT2D eigenvalue weighted by atomic mass is 17.2. The molecular weight excluding hydrogens is 208 g/mol. The van der Waals surface area contributed by atoms with Crippen molar-refractivity contribution in [2.45, 2.75) is 58.7 Å². The highest BCUT2D eigenvalue weighted by Crippen LogP contribution is 2.00. The molecule has 0 aromatic heterocycles. The van der Waals surface area contributed by atoms with Crippen LogP contribution in [0.1, 0.15) is 46.5 Å². The van der Waals surface area contributed by atoms with Gasteiger partial charge < -0.3 is 9.84 Å². The van der Waals surface area contributed by atoms with E-state index in [2.05, 4.69) is 6.92 Å². The lowest BCUT2D eigenvalue weighted by Crippen LogP contribution is -2.20. The van der Waals surface area contributed by atoms with Crippen molar-refractivity contribution in [1.29, 1.82) is 0 Å². The molecule has 0 aliphatic heterocycles. The van der Waals surface area contributed by atoms with E-state index in [-0.39, 0.29) is 12.7 Å². The summed E-state index contributed by atoms with van der Waals surface area (Å²) in [5.74, 6) is 0. The molecule has 16 heavy (non-hydrogen) atoms. The molecule has 4 nitrogen and oxygen atoms in total. The second-order valence-corrected chi connectivity index (χ2v) is 4.18. The fourth-order valence-electron chi connectivity index (χ4n) is 1.16. The van der Waals surface area contributed by atoms with Gasteiger partial charge in [0.2, 0.25) is 0 Å². The first-order valence-corrected chi connectivity index (χ1v) is 6.20. The summed E-state index contributed by atoms with van der Waals surface area (Å²) in [6.45, 7) is 7.24. The molecule has 0 bridgehead atoms. The first-order valence-electron chi connectivity index (χ1n) is 6.20. The van der Waals surface area contributed by atoms with Crippen molar-refractivity contribution < 1.29 is 19.6 Å². The van der Waals surface area contributed by atoms with Gasteiger partial charge in [-0.25, -0.2) is 9.78 Å². The van der Waals surface area contributed by atoms with E-state index in [1.165, 1.54) is 19.3 Å². The molecule has 0 aromatic rings. The third-order valence-electron chi connectivity index (χ3n) is 2.04. The Morgan fingerprint density at radius 1 is 1.06 bits per heavy atom. The molecule has 2 atom stereocenters. The van der Waals surface area contributed by atoms with Crippen molar-refractivity contribution >= 4 is 0 Å². The smallest absolute Gasteiger partial charge is 0.113 e. The number of aliphatic hydroxyl groups is 1. The van der Waals surface area contributed by atoms with Crippen molar-refractivity contribution in [2.75, 3.05) is 19.8 Å². The van der Waals surface area contributed by atoms with E-state index in [4.69, 9.17) is 19.6 Å². The molecule has 1 N–H and O–H groups in total. The van der Waals surface area contributed by atoms with Gasteiger partial charge in [0.1, 0.15) is 12.7 Å². The van der Waals surface area contributed by atoms with Crippen molar-refractivity contribution in [3.63, 3.8) is 0 Å². The Morgan fingerprint density at radius 3 is 2.44 bits per heavy atom. The van der Waals surface area contributed by atoms with Crippen molar-refractivity contribution in [3.05, 3.63) is 0 Å². The Labute approximate surface area is 98.8 Å². The molecule has 0 spiro atoms. The van der Waals surface area contributed by atoms with Crippen molar-refractivity contribution in [2.24, 2.45) is 0 Å². The quantitative estimate of drug-likeness (QED) is 0.338. The first kappa shape index (κ1) is 15.8. The average molecular weight is 234 g/mol. The van der Waals surface area contributed by atoms with Crippen LogP contribution in [-0.2, 0) is 14.5 Å². The van der Waals surface area contributed by atoms with Gasteiger partial charge in [0.05, 0.1) is 12.7 Å². The Balaban J connectivity index is 3.14. The van der Waals surface area contributed by atoms with E-state index < -0.39 is 6.10 Å². The number of rotatable bonds is 11. The van der Waals surface area contributed by atoms with E-state index in [0.717, 1.165) is 13.0 Å². The Hall–Kier alpha value is -0.160. The van der Waals surface area contributed by atoms with Crippen LogP contribution in [0, 0.1) is 0 Å². The number of aliphatic hydroxyl groups excluding tert-OH is 1. The molecule has 0 rings (SSSR count). The molecule has 98 valence electrons. The molecule has 2 unspecified atom stereocenters. The Morgan fingerprint density at radius 2 is 1.81 bits per heavy atom. The minimum absolute atomic E-state index is 0.0927. The minimum Gasteiger partial charge on any atom is -0.391 e. The van der Waals surface area contributed by atoms with Crippen LogP contribution in [0.15, 0.2) is 0 Å². The van der Waals surface area contributed by atoms with Crippen LogP contribution in [0.4, 0.5) is 0 Å². The summed E-state index contributed by atoms with van der Waals surface area (Å²) in [5.41, 5.74) is 0. The predicted octanol–water partition coefficient (Wildman–Crippen LogP) is 2.30. The minimum atomic E-state index is -0.498. The normalized spacial score (nSPS) is 15.0. The van der Waals surface area contributed by atoms with Crippen LogP contribution < -0.4 is 0 Å². The molecule has 0 saturated heterocycles. The van der Waals surface area contributed by atoms with E-state index in [0.29, 0.717) is 6.61 Å². The van der Waals surface area contributed by atoms with E-state index in [1.807, 2.05) is 6.92 Å². The number of ether oxygens (including phenoxy) is 1. The maximum Gasteiger partial charge on any atom is 0.113 e. The molecule has 0 aromatic carbocycles. The van der Waals surface area contributed by atoms with Gasteiger partial charge in [-0.1, -0.05) is 26.2 Å². The third-order valence-corrected chi connectivity index (χ3v) is 2.04. The van der Waals surface area contributed by atoms with Crippen LogP contribution in [0.3, 0.4) is 0 Å². The van der Waals surface area contributed by atoms with Crippen LogP contribution in [0.25, 0.3) is 0 Å². The van der Waals surface area contributed by atoms with E-state index >= 15 is 0 Å². The summed E-state index contributed by atoms with van der Waals surface area (Å²) >= 11 is 0. The maximum atomic E-state index is 8.93. The third kappa shape index (κ3) is 11.9. The lowest BCUT2D eigenvalue weighted by molar-refractivity contribution is -0.334. The first-order chi connectivity index (χ1) is 7.66. The highest BCUT2D eigenvalue weighted by molar-refractivity contribution is 4.45. The predicted molar refractivity (Wildman–Crippen MR) is 63.1 cm³/mol. The second-order valence-electron chi connectivity index (χ2n) is 4.18. The van der Waals surface area contributed by atoms with Gasteiger partial charge in [-0.2, -0.15) is 0 Å². The SMILES string of the molecule is CCCCCCOCC(C)OOCC(C)O. The van der Waals surface area contributed by atoms with Gasteiger partial charge in [0.15, 0.2) is 0 Å². The lowest BCUT2D eigenvalue weighted by Gasteiger charge is -2.13. The molecule has 0 saturated carbocycles. The number of hydrogen-bond donors (Lipinski definition) is 1. The second kappa shape index (κ2) is 11.3. The van der Waals surface area contributed by atoms with Crippen LogP contribution in [-0.4, -0.2) is 37.1 Å². The molecule has 0 amide bonds. The fraction of sp³-hybridized carbons (Fsp3) is 1.00. The summed E-state index contributed by atoms with van der Waals surface area (Å²) in [7, 11) is 0. The molecule has 0 aliphatic rings. The molecule has 0 radical (unpaired) electrons. The average Bonchev–Trinajstić information content (AvgIpc) is 2.22. The van der Waals surface area contributed by atoms with Crippen LogP contribution in [0.5, 0.6) is 0 Å². The highest BCUT2D eigenvalue weighted by Gasteiger charge is 2.04. The fourth-order valence-corrected chi connectivity index (χ4v) is 1.16. The Bertz CT molecular complexity index is 139. The molecule has 0 fully saturated rings. The van der Waals surface area contributed by atoms with Gasteiger partial charge >= 0.3 is 0 Å². The van der Waals surface area contributed by atoms with Gasteiger partial charge in [-0.3, -0.25) is 0 Å². The zero-order chi connectivity index (χ0) is 12.2. The van der Waals surface area contributed by atoms with Crippen molar-refractivity contribution in [3.8, 4) is 0 Å². The largest absolute Gasteiger partial charge is 0.391 e. The monoisotopic (exact) mass is 234 g/mol. The van der Waals surface area contributed by atoms with Crippen LogP contribution in [0.2, 0.25) is 0 Å². The summed E-state index contributed by atoms with van der Waals surface area (Å²) in [6.07, 6.45) is 4.26. The molecule has 0 heterocycles. The molecular formula is C12H26O4. The van der Waals surface area contributed by atoms with Crippen LogP contribution >= 0.6 is 0 Å². The summed E-state index contributed by atoms with van der Waals surface area (Å²) < 4.78 is 5.43. The van der Waals surface area contributed by atoms with Gasteiger partial charge in [0.25, 0.3) is 0 Å². The van der Waals surface area contributed by atoms with E-state index in [9.17, 15) is 0 Å². The molecule has 4 heteroatoms. The zero-order valence-electron chi connectivity index (χ0n) is 10.8.